The average Bonchev–Trinajstić information content (AvgIpc) is 2.57. The average molecular weight is 247 g/mol. The van der Waals surface area contributed by atoms with Crippen molar-refractivity contribution < 1.29 is 24.9 Å². The molecule has 8 nitrogen and oxygen atoms in total. The van der Waals surface area contributed by atoms with Crippen molar-refractivity contribution in [2.45, 2.75) is 37.1 Å². The van der Waals surface area contributed by atoms with E-state index < -0.39 is 43.3 Å². The predicted octanol–water partition coefficient (Wildman–Crippen LogP) is -2.87. The summed E-state index contributed by atoms with van der Waals surface area (Å²) in [7, 11) is 0. The first-order valence-electron chi connectivity index (χ1n) is 5.49. The normalized spacial score (nSPS) is 42.7. The standard InChI is InChI=1S/C9H17N3O5/c10-5-1-2-12(9(16)11-5)8-7(15)6(14)4(3-13)17-8/h4-8,13-15H,1-3,10H2,(H,11,16)/t4-,5?,6-,7-,8-/m1/s1. The third kappa shape index (κ3) is 2.22. The maximum absolute atomic E-state index is 11.6. The number of carbonyl (C=O) groups is 1. The quantitative estimate of drug-likeness (QED) is 0.357. The Bertz CT molecular complexity index is 302. The number of ether oxygens (including phenoxy) is 1. The molecule has 2 aliphatic heterocycles. The molecule has 0 saturated carbocycles. The first-order chi connectivity index (χ1) is 8.04. The van der Waals surface area contributed by atoms with Crippen LogP contribution in [0.2, 0.25) is 0 Å². The summed E-state index contributed by atoms with van der Waals surface area (Å²) in [6.07, 6.45) is -4.14. The van der Waals surface area contributed by atoms with E-state index in [0.717, 1.165) is 0 Å². The Balaban J connectivity index is 2.05. The maximum atomic E-state index is 11.6. The Hall–Kier alpha value is -0.930. The molecule has 0 aromatic heterocycles. The molecule has 1 unspecified atom stereocenters. The molecule has 5 atom stereocenters. The summed E-state index contributed by atoms with van der Waals surface area (Å²) in [6.45, 7) is -0.0801. The molecule has 0 spiro atoms. The van der Waals surface area contributed by atoms with Crippen molar-refractivity contribution in [2.24, 2.45) is 5.73 Å². The molecule has 8 heteroatoms. The Labute approximate surface area is 98.0 Å². The maximum Gasteiger partial charge on any atom is 0.320 e. The monoisotopic (exact) mass is 247 g/mol. The van der Waals surface area contributed by atoms with E-state index in [2.05, 4.69) is 5.32 Å². The minimum Gasteiger partial charge on any atom is -0.394 e. The van der Waals surface area contributed by atoms with Crippen LogP contribution in [0, 0.1) is 0 Å². The molecule has 17 heavy (non-hydrogen) atoms. The number of nitrogens with one attached hydrogen (secondary N) is 1. The van der Waals surface area contributed by atoms with Crippen LogP contribution in [0.25, 0.3) is 0 Å². The first kappa shape index (κ1) is 12.5. The van der Waals surface area contributed by atoms with Crippen molar-refractivity contribution in [3.05, 3.63) is 0 Å². The van der Waals surface area contributed by atoms with Crippen LogP contribution in [0.3, 0.4) is 0 Å². The Morgan fingerprint density at radius 1 is 1.47 bits per heavy atom. The van der Waals surface area contributed by atoms with E-state index in [0.29, 0.717) is 13.0 Å². The van der Waals surface area contributed by atoms with Gasteiger partial charge in [-0.2, -0.15) is 0 Å². The second-order valence-corrected chi connectivity index (χ2v) is 4.27. The van der Waals surface area contributed by atoms with Crippen LogP contribution in [0.5, 0.6) is 0 Å². The highest BCUT2D eigenvalue weighted by Crippen LogP contribution is 2.25. The van der Waals surface area contributed by atoms with E-state index >= 15 is 0 Å². The predicted molar refractivity (Wildman–Crippen MR) is 55.6 cm³/mol. The fourth-order valence-electron chi connectivity index (χ4n) is 2.07. The van der Waals surface area contributed by atoms with Crippen LogP contribution in [-0.4, -0.2) is 70.1 Å². The van der Waals surface area contributed by atoms with Crippen molar-refractivity contribution in [1.82, 2.24) is 10.2 Å². The van der Waals surface area contributed by atoms with Gasteiger partial charge in [0, 0.05) is 6.54 Å². The number of aliphatic hydroxyl groups excluding tert-OH is 3. The topological polar surface area (TPSA) is 128 Å². The van der Waals surface area contributed by atoms with Crippen molar-refractivity contribution in [1.29, 1.82) is 0 Å². The molecular formula is C9H17N3O5. The molecule has 2 heterocycles. The van der Waals surface area contributed by atoms with Crippen molar-refractivity contribution >= 4 is 6.03 Å². The molecular weight excluding hydrogens is 230 g/mol. The second-order valence-electron chi connectivity index (χ2n) is 4.27. The number of amides is 2. The van der Waals surface area contributed by atoms with Gasteiger partial charge in [0.25, 0.3) is 0 Å². The minimum atomic E-state index is -1.23. The van der Waals surface area contributed by atoms with E-state index in [1.807, 2.05) is 0 Å². The van der Waals surface area contributed by atoms with Gasteiger partial charge >= 0.3 is 6.03 Å². The van der Waals surface area contributed by atoms with E-state index in [1.54, 1.807) is 0 Å². The molecule has 0 aliphatic carbocycles. The van der Waals surface area contributed by atoms with Crippen LogP contribution in [-0.2, 0) is 4.74 Å². The molecule has 2 aliphatic rings. The minimum absolute atomic E-state index is 0.333. The third-order valence-corrected chi connectivity index (χ3v) is 3.08. The first-order valence-corrected chi connectivity index (χ1v) is 5.49. The number of hydrogen-bond acceptors (Lipinski definition) is 6. The SMILES string of the molecule is NC1CCN([C@@H]2O[C@H](CO)[C@@H](O)[C@H]2O)C(=O)N1. The number of aliphatic hydroxyl groups is 3. The highest BCUT2D eigenvalue weighted by molar-refractivity contribution is 5.75. The third-order valence-electron chi connectivity index (χ3n) is 3.08. The smallest absolute Gasteiger partial charge is 0.320 e. The van der Waals surface area contributed by atoms with Gasteiger partial charge in [0.05, 0.1) is 12.8 Å². The summed E-state index contributed by atoms with van der Waals surface area (Å²) in [5, 5.41) is 30.8. The Morgan fingerprint density at radius 2 is 2.18 bits per heavy atom. The van der Waals surface area contributed by atoms with Crippen molar-refractivity contribution in [3.8, 4) is 0 Å². The second kappa shape index (κ2) is 4.75. The molecule has 2 saturated heterocycles. The molecule has 2 fully saturated rings. The fourth-order valence-corrected chi connectivity index (χ4v) is 2.07. The van der Waals surface area contributed by atoms with Crippen LogP contribution >= 0.6 is 0 Å². The van der Waals surface area contributed by atoms with Crippen LogP contribution in [0.4, 0.5) is 4.79 Å². The zero-order valence-corrected chi connectivity index (χ0v) is 9.19. The molecule has 0 aromatic carbocycles. The number of nitrogens with two attached hydrogens (primary N) is 1. The molecule has 2 rings (SSSR count). The number of carbonyl (C=O) groups excluding carboxylic acids is 1. The lowest BCUT2D eigenvalue weighted by atomic mass is 10.1. The Kier molecular flexibility index (Phi) is 3.50. The van der Waals surface area contributed by atoms with Gasteiger partial charge in [-0.1, -0.05) is 0 Å². The van der Waals surface area contributed by atoms with Gasteiger partial charge < -0.3 is 31.1 Å². The lowest BCUT2D eigenvalue weighted by molar-refractivity contribution is -0.0834. The van der Waals surface area contributed by atoms with E-state index in [4.69, 9.17) is 15.6 Å². The van der Waals surface area contributed by atoms with E-state index in [1.165, 1.54) is 4.90 Å². The molecule has 0 radical (unpaired) electrons. The number of nitrogens with zero attached hydrogens (tertiary/aromatic N) is 1. The van der Waals surface area contributed by atoms with Gasteiger partial charge in [-0.25, -0.2) is 4.79 Å². The zero-order valence-electron chi connectivity index (χ0n) is 9.19. The lowest BCUT2D eigenvalue weighted by Crippen LogP contribution is -2.60. The molecule has 2 amide bonds. The van der Waals surface area contributed by atoms with Crippen LogP contribution in [0.1, 0.15) is 6.42 Å². The fraction of sp³-hybridized carbons (Fsp3) is 0.889. The lowest BCUT2D eigenvalue weighted by Gasteiger charge is -2.35. The molecule has 98 valence electrons. The highest BCUT2D eigenvalue weighted by Gasteiger charge is 2.47. The van der Waals surface area contributed by atoms with Crippen LogP contribution < -0.4 is 11.1 Å². The molecule has 0 bridgehead atoms. The summed E-state index contributed by atoms with van der Waals surface area (Å²) in [5.74, 6) is 0. The largest absolute Gasteiger partial charge is 0.394 e. The van der Waals surface area contributed by atoms with Crippen molar-refractivity contribution in [3.63, 3.8) is 0 Å². The molecule has 0 aromatic rings. The zero-order chi connectivity index (χ0) is 12.6. The van der Waals surface area contributed by atoms with Gasteiger partial charge in [-0.05, 0) is 6.42 Å². The summed E-state index contributed by atoms with van der Waals surface area (Å²) >= 11 is 0. The number of urea groups is 1. The number of hydrogen-bond donors (Lipinski definition) is 5. The van der Waals surface area contributed by atoms with E-state index in [9.17, 15) is 15.0 Å². The van der Waals surface area contributed by atoms with E-state index in [-0.39, 0.29) is 0 Å². The van der Waals surface area contributed by atoms with Gasteiger partial charge in [-0.3, -0.25) is 4.90 Å². The summed E-state index contributed by atoms with van der Waals surface area (Å²) < 4.78 is 5.25. The van der Waals surface area contributed by atoms with Gasteiger partial charge in [-0.15, -0.1) is 0 Å². The van der Waals surface area contributed by atoms with Crippen LogP contribution in [0.15, 0.2) is 0 Å². The summed E-state index contributed by atoms with van der Waals surface area (Å²) in [4.78, 5) is 12.9. The van der Waals surface area contributed by atoms with Gasteiger partial charge in [0.2, 0.25) is 0 Å². The summed E-state index contributed by atoms with van der Waals surface area (Å²) in [5.41, 5.74) is 5.55. The molecule has 6 N–H and O–H groups in total. The number of rotatable bonds is 2. The van der Waals surface area contributed by atoms with Gasteiger partial charge in [0.15, 0.2) is 6.23 Å². The van der Waals surface area contributed by atoms with Crippen molar-refractivity contribution in [2.75, 3.05) is 13.2 Å². The highest BCUT2D eigenvalue weighted by atomic mass is 16.6. The Morgan fingerprint density at radius 3 is 2.71 bits per heavy atom. The van der Waals surface area contributed by atoms with Gasteiger partial charge in [0.1, 0.15) is 18.3 Å². The summed E-state index contributed by atoms with van der Waals surface area (Å²) in [6, 6.07) is -0.446.